The monoisotopic (exact) mass is 244 g/mol. The molecule has 1 aliphatic heterocycles. The number of hydrogen-bond donors (Lipinski definition) is 1. The highest BCUT2D eigenvalue weighted by Crippen LogP contribution is 2.12. The summed E-state index contributed by atoms with van der Waals surface area (Å²) in [6.07, 6.45) is 0. The lowest BCUT2D eigenvalue weighted by atomic mass is 10.1. The van der Waals surface area contributed by atoms with Gasteiger partial charge in [0, 0.05) is 7.05 Å². The van der Waals surface area contributed by atoms with Crippen molar-refractivity contribution in [2.75, 3.05) is 33.8 Å². The molecule has 1 saturated heterocycles. The molecule has 2 amide bonds. The quantitative estimate of drug-likeness (QED) is 0.592. The molecule has 0 spiro atoms. The molecule has 0 aliphatic carbocycles. The Balaban J connectivity index is 2.71. The van der Waals surface area contributed by atoms with Crippen molar-refractivity contribution in [3.8, 4) is 0 Å². The number of aliphatic hydroxyl groups is 1. The van der Waals surface area contributed by atoms with E-state index in [4.69, 9.17) is 0 Å². The number of likely N-dealkylation sites (N-methyl/N-ethyl adjacent to an activating group) is 1. The average Bonchev–Trinajstić information content (AvgIpc) is 2.24. The minimum atomic E-state index is -1.80. The zero-order valence-corrected chi connectivity index (χ0v) is 10.1. The Kier molecular flexibility index (Phi) is 3.72. The third-order valence-electron chi connectivity index (χ3n) is 2.60. The molecule has 1 unspecified atom stereocenters. The Labute approximate surface area is 98.9 Å². The highest BCUT2D eigenvalue weighted by atomic mass is 16.5. The number of carbonyl (C=O) groups excluding carboxylic acids is 3. The van der Waals surface area contributed by atoms with Crippen LogP contribution < -0.4 is 0 Å². The maximum absolute atomic E-state index is 11.6. The van der Waals surface area contributed by atoms with Crippen molar-refractivity contribution in [1.82, 2.24) is 9.80 Å². The van der Waals surface area contributed by atoms with Crippen LogP contribution in [0.25, 0.3) is 0 Å². The molecule has 7 nitrogen and oxygen atoms in total. The number of ether oxygens (including phenoxy) is 1. The molecule has 1 rings (SSSR count). The predicted molar refractivity (Wildman–Crippen MR) is 56.9 cm³/mol. The Hall–Kier alpha value is -1.63. The molecule has 1 N–H and O–H groups in total. The van der Waals surface area contributed by atoms with Crippen LogP contribution in [-0.4, -0.2) is 72.1 Å². The van der Waals surface area contributed by atoms with Gasteiger partial charge in [0.2, 0.25) is 11.8 Å². The molecule has 96 valence electrons. The minimum Gasteiger partial charge on any atom is -0.467 e. The fraction of sp³-hybridized carbons (Fsp3) is 0.700. The summed E-state index contributed by atoms with van der Waals surface area (Å²) in [5.41, 5.74) is -1.80. The van der Waals surface area contributed by atoms with Gasteiger partial charge in [-0.2, -0.15) is 0 Å². The molecule has 1 heterocycles. The third-order valence-corrected chi connectivity index (χ3v) is 2.60. The van der Waals surface area contributed by atoms with Gasteiger partial charge in [0.1, 0.15) is 0 Å². The topological polar surface area (TPSA) is 87.2 Å². The lowest BCUT2D eigenvalue weighted by Gasteiger charge is -2.35. The van der Waals surface area contributed by atoms with Crippen molar-refractivity contribution >= 4 is 17.8 Å². The fourth-order valence-corrected chi connectivity index (χ4v) is 1.56. The summed E-state index contributed by atoms with van der Waals surface area (Å²) >= 11 is 0. The summed E-state index contributed by atoms with van der Waals surface area (Å²) in [6, 6.07) is 0. The molecule has 7 heteroatoms. The Morgan fingerprint density at radius 3 is 2.53 bits per heavy atom. The number of methoxy groups -OCH3 is 1. The molecule has 1 aliphatic rings. The standard InChI is InChI=1S/C10H16N2O5/c1-10(16,9(15)17-3)6-12-5-7(13)11(2)4-8(12)14/h16H,4-6H2,1-3H3. The first kappa shape index (κ1) is 13.4. The Morgan fingerprint density at radius 1 is 1.41 bits per heavy atom. The molecule has 17 heavy (non-hydrogen) atoms. The summed E-state index contributed by atoms with van der Waals surface area (Å²) in [4.78, 5) is 36.7. The first-order valence-electron chi connectivity index (χ1n) is 5.10. The molecule has 1 atom stereocenters. The second kappa shape index (κ2) is 4.70. The van der Waals surface area contributed by atoms with Crippen LogP contribution in [0.3, 0.4) is 0 Å². The molecule has 0 saturated carbocycles. The molecule has 0 aromatic heterocycles. The van der Waals surface area contributed by atoms with Crippen LogP contribution >= 0.6 is 0 Å². The van der Waals surface area contributed by atoms with Gasteiger partial charge in [-0.25, -0.2) is 4.79 Å². The minimum absolute atomic E-state index is 0.0455. The molecule has 1 fully saturated rings. The smallest absolute Gasteiger partial charge is 0.339 e. The Morgan fingerprint density at radius 2 is 2.00 bits per heavy atom. The average molecular weight is 244 g/mol. The molecule has 0 radical (unpaired) electrons. The van der Waals surface area contributed by atoms with E-state index in [9.17, 15) is 19.5 Å². The van der Waals surface area contributed by atoms with Crippen molar-refractivity contribution in [3.63, 3.8) is 0 Å². The highest BCUT2D eigenvalue weighted by Gasteiger charge is 2.38. The molecular formula is C10H16N2O5. The lowest BCUT2D eigenvalue weighted by Crippen LogP contribution is -2.57. The zero-order chi connectivity index (χ0) is 13.2. The maximum Gasteiger partial charge on any atom is 0.339 e. The van der Waals surface area contributed by atoms with Gasteiger partial charge in [0.15, 0.2) is 5.60 Å². The first-order chi connectivity index (χ1) is 7.77. The van der Waals surface area contributed by atoms with E-state index in [2.05, 4.69) is 4.74 Å². The number of β-amino-alcohol motifs (C(OH)–C–C–N with tert-alkyl or cyclic N) is 1. The van der Waals surface area contributed by atoms with E-state index in [1.54, 1.807) is 0 Å². The summed E-state index contributed by atoms with van der Waals surface area (Å²) in [7, 11) is 2.67. The lowest BCUT2D eigenvalue weighted by molar-refractivity contribution is -0.166. The van der Waals surface area contributed by atoms with Crippen molar-refractivity contribution < 1.29 is 24.2 Å². The fourth-order valence-electron chi connectivity index (χ4n) is 1.56. The summed E-state index contributed by atoms with van der Waals surface area (Å²) in [6.45, 7) is 0.811. The predicted octanol–water partition coefficient (Wildman–Crippen LogP) is -1.79. The zero-order valence-electron chi connectivity index (χ0n) is 10.1. The van der Waals surface area contributed by atoms with E-state index < -0.39 is 11.6 Å². The van der Waals surface area contributed by atoms with Crippen LogP contribution in [0.4, 0.5) is 0 Å². The van der Waals surface area contributed by atoms with Gasteiger partial charge < -0.3 is 19.6 Å². The Bertz CT molecular complexity index is 353. The van der Waals surface area contributed by atoms with Gasteiger partial charge in [-0.3, -0.25) is 9.59 Å². The van der Waals surface area contributed by atoms with Gasteiger partial charge in [0.25, 0.3) is 0 Å². The van der Waals surface area contributed by atoms with Crippen LogP contribution in [-0.2, 0) is 19.1 Å². The number of amides is 2. The number of piperazine rings is 1. The molecule has 0 bridgehead atoms. The number of esters is 1. The summed E-state index contributed by atoms with van der Waals surface area (Å²) < 4.78 is 4.42. The van der Waals surface area contributed by atoms with Crippen LogP contribution in [0.1, 0.15) is 6.92 Å². The first-order valence-corrected chi connectivity index (χ1v) is 5.10. The van der Waals surface area contributed by atoms with E-state index in [0.29, 0.717) is 0 Å². The number of carbonyl (C=O) groups is 3. The molecule has 0 aromatic carbocycles. The number of hydrogen-bond acceptors (Lipinski definition) is 5. The SMILES string of the molecule is COC(=O)C(C)(O)CN1CC(=O)N(C)CC1=O. The van der Waals surface area contributed by atoms with Crippen LogP contribution in [0.2, 0.25) is 0 Å². The molecular weight excluding hydrogens is 228 g/mol. The van der Waals surface area contributed by atoms with Crippen molar-refractivity contribution in [2.45, 2.75) is 12.5 Å². The van der Waals surface area contributed by atoms with Gasteiger partial charge in [-0.05, 0) is 6.92 Å². The third kappa shape index (κ3) is 2.94. The van der Waals surface area contributed by atoms with Crippen molar-refractivity contribution in [2.24, 2.45) is 0 Å². The van der Waals surface area contributed by atoms with Gasteiger partial charge >= 0.3 is 5.97 Å². The number of nitrogens with zero attached hydrogens (tertiary/aromatic N) is 2. The normalized spacial score (nSPS) is 20.2. The second-order valence-corrected chi connectivity index (χ2v) is 4.27. The highest BCUT2D eigenvalue weighted by molar-refractivity contribution is 5.93. The van der Waals surface area contributed by atoms with Gasteiger partial charge in [-0.15, -0.1) is 0 Å². The molecule has 0 aromatic rings. The van der Waals surface area contributed by atoms with E-state index in [0.717, 1.165) is 12.0 Å². The van der Waals surface area contributed by atoms with Gasteiger partial charge in [0.05, 0.1) is 26.7 Å². The summed E-state index contributed by atoms with van der Waals surface area (Å²) in [5.74, 6) is -1.38. The van der Waals surface area contributed by atoms with Crippen molar-refractivity contribution in [1.29, 1.82) is 0 Å². The summed E-state index contributed by atoms with van der Waals surface area (Å²) in [5, 5.41) is 9.81. The van der Waals surface area contributed by atoms with Crippen LogP contribution in [0.15, 0.2) is 0 Å². The number of rotatable bonds is 3. The van der Waals surface area contributed by atoms with Crippen molar-refractivity contribution in [3.05, 3.63) is 0 Å². The van der Waals surface area contributed by atoms with E-state index in [-0.39, 0.29) is 31.4 Å². The largest absolute Gasteiger partial charge is 0.467 e. The van der Waals surface area contributed by atoms with E-state index in [1.165, 1.54) is 18.9 Å². The second-order valence-electron chi connectivity index (χ2n) is 4.27. The van der Waals surface area contributed by atoms with E-state index >= 15 is 0 Å². The van der Waals surface area contributed by atoms with Crippen LogP contribution in [0, 0.1) is 0 Å². The van der Waals surface area contributed by atoms with Gasteiger partial charge in [-0.1, -0.05) is 0 Å². The van der Waals surface area contributed by atoms with Crippen LogP contribution in [0.5, 0.6) is 0 Å². The maximum atomic E-state index is 11.6. The van der Waals surface area contributed by atoms with E-state index in [1.807, 2.05) is 0 Å².